The summed E-state index contributed by atoms with van der Waals surface area (Å²) in [6.07, 6.45) is 64.6. The molecule has 0 saturated heterocycles. The molecule has 6 nitrogen and oxygen atoms in total. The summed E-state index contributed by atoms with van der Waals surface area (Å²) in [7, 11) is 0. The van der Waals surface area contributed by atoms with E-state index in [1.807, 2.05) is 0 Å². The van der Waals surface area contributed by atoms with Crippen LogP contribution in [0.1, 0.15) is 233 Å². The Labute approximate surface area is 382 Å². The molecule has 0 heterocycles. The largest absolute Gasteiger partial charge is 0.462 e. The van der Waals surface area contributed by atoms with Gasteiger partial charge in [0.15, 0.2) is 6.10 Å². The molecule has 0 rings (SSSR count). The average molecular weight is 863 g/mol. The number of allylic oxidation sites excluding steroid dienone is 14. The van der Waals surface area contributed by atoms with Gasteiger partial charge in [0.2, 0.25) is 0 Å². The predicted octanol–water partition coefficient (Wildman–Crippen LogP) is 16.8. The fourth-order valence-electron chi connectivity index (χ4n) is 6.80. The highest BCUT2D eigenvalue weighted by molar-refractivity contribution is 5.71. The van der Waals surface area contributed by atoms with Crippen LogP contribution in [-0.4, -0.2) is 37.2 Å². The van der Waals surface area contributed by atoms with Crippen molar-refractivity contribution in [1.82, 2.24) is 0 Å². The summed E-state index contributed by atoms with van der Waals surface area (Å²) >= 11 is 0. The SMILES string of the molecule is CC/C=C\C/C=C\C/C=C\C/C=C\C/C=C\CCCC(=O)OC(COC(=O)CCCCCCCC)COC(=O)CCCCCCCCCCC/C=C\C/C=C\CCCCCCC. The minimum absolute atomic E-state index is 0.101. The molecule has 0 aliphatic heterocycles. The van der Waals surface area contributed by atoms with E-state index in [1.165, 1.54) is 103 Å². The van der Waals surface area contributed by atoms with Gasteiger partial charge in [-0.15, -0.1) is 0 Å². The first-order valence-electron chi connectivity index (χ1n) is 25.6. The molecular weight excluding hydrogens is 769 g/mol. The maximum Gasteiger partial charge on any atom is 0.306 e. The number of rotatable bonds is 45. The van der Waals surface area contributed by atoms with E-state index < -0.39 is 6.10 Å². The topological polar surface area (TPSA) is 78.9 Å². The standard InChI is InChI=1S/C56H94O6/c1-4-7-10-13-16-18-20-22-24-26-27-28-29-31-32-34-36-38-40-43-46-49-55(58)61-52-53(51-60-54(57)48-45-42-15-12-9-6-3)62-56(59)50-47-44-41-39-37-35-33-30-25-23-21-19-17-14-11-8-5-2/h8,11,17,19-20,22-23,25-27,33,35,39,41,53H,4-7,9-10,12-16,18,21,24,28-32,34,36-38,40,42-52H2,1-3H3/b11-8-,19-17-,22-20-,25-23-,27-26-,35-33-,41-39-. The summed E-state index contributed by atoms with van der Waals surface area (Å²) in [5.41, 5.74) is 0. The van der Waals surface area contributed by atoms with Crippen LogP contribution in [0.2, 0.25) is 0 Å². The lowest BCUT2D eigenvalue weighted by Gasteiger charge is -2.18. The Morgan fingerprint density at radius 1 is 0.339 bits per heavy atom. The molecule has 0 aromatic carbocycles. The second-order valence-corrected chi connectivity index (χ2v) is 16.7. The van der Waals surface area contributed by atoms with Gasteiger partial charge in [0.25, 0.3) is 0 Å². The van der Waals surface area contributed by atoms with Crippen LogP contribution in [0.4, 0.5) is 0 Å². The van der Waals surface area contributed by atoms with Crippen molar-refractivity contribution in [2.24, 2.45) is 0 Å². The number of unbranched alkanes of at least 4 members (excludes halogenated alkanes) is 20. The first kappa shape index (κ1) is 58.6. The minimum atomic E-state index is -0.804. The predicted molar refractivity (Wildman–Crippen MR) is 265 cm³/mol. The lowest BCUT2D eigenvalue weighted by molar-refractivity contribution is -0.167. The van der Waals surface area contributed by atoms with Gasteiger partial charge in [-0.25, -0.2) is 0 Å². The molecule has 1 unspecified atom stereocenters. The average Bonchev–Trinajstić information content (AvgIpc) is 3.27. The van der Waals surface area contributed by atoms with Crippen LogP contribution >= 0.6 is 0 Å². The second kappa shape index (κ2) is 50.2. The van der Waals surface area contributed by atoms with Gasteiger partial charge in [-0.3, -0.25) is 14.4 Å². The summed E-state index contributed by atoms with van der Waals surface area (Å²) in [5, 5.41) is 0. The Hall–Kier alpha value is -3.41. The van der Waals surface area contributed by atoms with Crippen molar-refractivity contribution in [2.45, 2.75) is 239 Å². The molecule has 0 aliphatic carbocycles. The molecule has 0 radical (unpaired) electrons. The zero-order valence-corrected chi connectivity index (χ0v) is 40.4. The van der Waals surface area contributed by atoms with E-state index >= 15 is 0 Å². The fraction of sp³-hybridized carbons (Fsp3) is 0.696. The van der Waals surface area contributed by atoms with Crippen molar-refractivity contribution in [2.75, 3.05) is 13.2 Å². The third-order valence-electron chi connectivity index (χ3n) is 10.6. The Morgan fingerprint density at radius 3 is 1.03 bits per heavy atom. The van der Waals surface area contributed by atoms with Crippen molar-refractivity contribution in [3.8, 4) is 0 Å². The van der Waals surface area contributed by atoms with Crippen LogP contribution in [0.25, 0.3) is 0 Å². The number of ether oxygens (including phenoxy) is 3. The molecule has 0 aliphatic rings. The first-order valence-corrected chi connectivity index (χ1v) is 25.6. The van der Waals surface area contributed by atoms with Crippen LogP contribution < -0.4 is 0 Å². The van der Waals surface area contributed by atoms with E-state index in [0.29, 0.717) is 19.3 Å². The Kier molecular flexibility index (Phi) is 47.5. The van der Waals surface area contributed by atoms with E-state index in [9.17, 15) is 14.4 Å². The van der Waals surface area contributed by atoms with Crippen molar-refractivity contribution < 1.29 is 28.6 Å². The summed E-state index contributed by atoms with van der Waals surface area (Å²) in [5.74, 6) is -0.976. The Morgan fingerprint density at radius 2 is 0.645 bits per heavy atom. The third-order valence-corrected chi connectivity index (χ3v) is 10.6. The smallest absolute Gasteiger partial charge is 0.306 e. The van der Waals surface area contributed by atoms with Gasteiger partial charge in [-0.1, -0.05) is 209 Å². The van der Waals surface area contributed by atoms with Gasteiger partial charge in [-0.05, 0) is 89.9 Å². The van der Waals surface area contributed by atoms with Crippen molar-refractivity contribution in [1.29, 1.82) is 0 Å². The lowest BCUT2D eigenvalue weighted by atomic mass is 10.1. The fourth-order valence-corrected chi connectivity index (χ4v) is 6.80. The molecule has 6 heteroatoms. The number of hydrogen-bond donors (Lipinski definition) is 0. The quantitative estimate of drug-likeness (QED) is 0.0263. The van der Waals surface area contributed by atoms with Crippen molar-refractivity contribution >= 4 is 17.9 Å². The molecule has 0 fully saturated rings. The summed E-state index contributed by atoms with van der Waals surface area (Å²) in [6.45, 7) is 6.39. The highest BCUT2D eigenvalue weighted by Crippen LogP contribution is 2.14. The Bertz CT molecular complexity index is 1220. The summed E-state index contributed by atoms with van der Waals surface area (Å²) in [4.78, 5) is 37.7. The molecule has 62 heavy (non-hydrogen) atoms. The second-order valence-electron chi connectivity index (χ2n) is 16.7. The molecule has 0 spiro atoms. The van der Waals surface area contributed by atoms with Gasteiger partial charge in [0, 0.05) is 19.3 Å². The molecule has 0 saturated carbocycles. The normalized spacial score (nSPS) is 12.8. The van der Waals surface area contributed by atoms with E-state index in [1.54, 1.807) is 0 Å². The van der Waals surface area contributed by atoms with E-state index in [4.69, 9.17) is 14.2 Å². The molecule has 0 aromatic heterocycles. The lowest BCUT2D eigenvalue weighted by Crippen LogP contribution is -2.30. The zero-order chi connectivity index (χ0) is 45.1. The molecule has 0 N–H and O–H groups in total. The van der Waals surface area contributed by atoms with Crippen molar-refractivity contribution in [3.05, 3.63) is 85.1 Å². The molecule has 0 bridgehead atoms. The van der Waals surface area contributed by atoms with E-state index in [2.05, 4.69) is 106 Å². The van der Waals surface area contributed by atoms with Crippen LogP contribution in [0.15, 0.2) is 85.1 Å². The maximum atomic E-state index is 12.7. The van der Waals surface area contributed by atoms with Crippen molar-refractivity contribution in [3.63, 3.8) is 0 Å². The molecule has 0 amide bonds. The van der Waals surface area contributed by atoms with E-state index in [-0.39, 0.29) is 37.5 Å². The van der Waals surface area contributed by atoms with Gasteiger partial charge in [0.1, 0.15) is 13.2 Å². The first-order chi connectivity index (χ1) is 30.5. The number of carbonyl (C=O) groups is 3. The molecule has 0 aromatic rings. The van der Waals surface area contributed by atoms with Crippen LogP contribution in [0, 0.1) is 0 Å². The minimum Gasteiger partial charge on any atom is -0.462 e. The molecule has 354 valence electrons. The number of hydrogen-bond acceptors (Lipinski definition) is 6. The number of esters is 3. The van der Waals surface area contributed by atoms with Gasteiger partial charge in [-0.2, -0.15) is 0 Å². The van der Waals surface area contributed by atoms with Crippen LogP contribution in [0.3, 0.4) is 0 Å². The third kappa shape index (κ3) is 47.6. The van der Waals surface area contributed by atoms with Gasteiger partial charge >= 0.3 is 17.9 Å². The highest BCUT2D eigenvalue weighted by atomic mass is 16.6. The van der Waals surface area contributed by atoms with E-state index in [0.717, 1.165) is 83.5 Å². The molecule has 1 atom stereocenters. The monoisotopic (exact) mass is 863 g/mol. The number of carbonyl (C=O) groups excluding carboxylic acids is 3. The van der Waals surface area contributed by atoms with Gasteiger partial charge < -0.3 is 14.2 Å². The van der Waals surface area contributed by atoms with Gasteiger partial charge in [0.05, 0.1) is 0 Å². The molecular formula is C56H94O6. The maximum absolute atomic E-state index is 12.7. The Balaban J connectivity index is 4.29. The van der Waals surface area contributed by atoms with Crippen LogP contribution in [-0.2, 0) is 28.6 Å². The summed E-state index contributed by atoms with van der Waals surface area (Å²) < 4.78 is 16.6. The van der Waals surface area contributed by atoms with Crippen LogP contribution in [0.5, 0.6) is 0 Å². The summed E-state index contributed by atoms with van der Waals surface area (Å²) in [6, 6.07) is 0. The zero-order valence-electron chi connectivity index (χ0n) is 40.4. The highest BCUT2D eigenvalue weighted by Gasteiger charge is 2.19.